The second-order valence-corrected chi connectivity index (χ2v) is 6.66. The van der Waals surface area contributed by atoms with E-state index in [4.69, 9.17) is 25.8 Å². The van der Waals surface area contributed by atoms with Crippen molar-refractivity contribution >= 4 is 11.6 Å². The van der Waals surface area contributed by atoms with Crippen LogP contribution in [0.4, 0.5) is 0 Å². The molecule has 0 aromatic heterocycles. The van der Waals surface area contributed by atoms with E-state index in [1.54, 1.807) is 0 Å². The Kier molecular flexibility index (Phi) is 6.64. The van der Waals surface area contributed by atoms with E-state index in [1.807, 2.05) is 60.7 Å². The number of aliphatic hydroxyl groups excluding tert-OH is 2. The quantitative estimate of drug-likeness (QED) is 0.691. The van der Waals surface area contributed by atoms with Crippen LogP contribution in [0.1, 0.15) is 11.1 Å². The van der Waals surface area contributed by atoms with Gasteiger partial charge in [0.1, 0.15) is 17.8 Å². The lowest BCUT2D eigenvalue weighted by atomic mass is 9.98. The van der Waals surface area contributed by atoms with Crippen molar-refractivity contribution in [1.82, 2.24) is 0 Å². The molecule has 0 unspecified atom stereocenters. The minimum atomic E-state index is -1.37. The van der Waals surface area contributed by atoms with Gasteiger partial charge in [-0.2, -0.15) is 0 Å². The van der Waals surface area contributed by atoms with E-state index >= 15 is 0 Å². The van der Waals surface area contributed by atoms with Crippen LogP contribution in [-0.4, -0.2) is 46.8 Å². The first-order valence-electron chi connectivity index (χ1n) is 8.52. The average molecular weight is 379 g/mol. The lowest BCUT2D eigenvalue weighted by Gasteiger charge is -2.32. The molecular weight excluding hydrogens is 356 g/mol. The summed E-state index contributed by atoms with van der Waals surface area (Å²) in [5.74, 6) is 0.0232. The number of benzene rings is 2. The average Bonchev–Trinajstić information content (AvgIpc) is 2.92. The molecule has 0 spiro atoms. The maximum atomic E-state index is 10.3. The van der Waals surface area contributed by atoms with Crippen molar-refractivity contribution in [1.29, 1.82) is 0 Å². The fourth-order valence-corrected chi connectivity index (χ4v) is 3.32. The van der Waals surface area contributed by atoms with Gasteiger partial charge in [0, 0.05) is 0 Å². The van der Waals surface area contributed by atoms with Gasteiger partial charge in [0.05, 0.1) is 25.7 Å². The lowest BCUT2D eigenvalue weighted by molar-refractivity contribution is -0.177. The Hall–Kier alpha value is -1.47. The van der Waals surface area contributed by atoms with Gasteiger partial charge in [-0.15, -0.1) is 11.6 Å². The molecule has 1 aliphatic rings. The van der Waals surface area contributed by atoms with Gasteiger partial charge < -0.3 is 24.4 Å². The fraction of sp³-hybridized carbons (Fsp3) is 0.400. The largest absolute Gasteiger partial charge is 0.385 e. The van der Waals surface area contributed by atoms with E-state index in [9.17, 15) is 10.2 Å². The van der Waals surface area contributed by atoms with E-state index in [2.05, 4.69) is 0 Å². The Morgan fingerprint density at radius 2 is 1.50 bits per heavy atom. The van der Waals surface area contributed by atoms with Gasteiger partial charge in [-0.3, -0.25) is 0 Å². The van der Waals surface area contributed by atoms with Crippen molar-refractivity contribution < 1.29 is 24.4 Å². The third-order valence-corrected chi connectivity index (χ3v) is 4.89. The maximum absolute atomic E-state index is 10.3. The van der Waals surface area contributed by atoms with Gasteiger partial charge in [0.2, 0.25) is 0 Å². The number of halogens is 1. The van der Waals surface area contributed by atoms with Crippen LogP contribution in [0, 0.1) is 0 Å². The molecule has 2 N–H and O–H groups in total. The van der Waals surface area contributed by atoms with Crippen molar-refractivity contribution in [3.8, 4) is 0 Å². The highest BCUT2D eigenvalue weighted by molar-refractivity contribution is 6.18. The molecule has 6 heteroatoms. The molecular formula is C20H23ClO5. The predicted octanol–water partition coefficient (Wildman–Crippen LogP) is 2.48. The first-order chi connectivity index (χ1) is 12.6. The standard InChI is InChI=1S/C20H23ClO5/c21-13-20(14-24-11-15-7-3-1-4-8-15)18(17(22)19(23)26-20)25-12-16-9-5-2-6-10-16/h1-10,17-19,22-23H,11-14H2/t17-,18+,19-,20-/m1/s1. The lowest BCUT2D eigenvalue weighted by Crippen LogP contribution is -2.50. The summed E-state index contributed by atoms with van der Waals surface area (Å²) in [7, 11) is 0. The third-order valence-electron chi connectivity index (χ3n) is 4.43. The normalized spacial score (nSPS) is 28.3. The van der Waals surface area contributed by atoms with Gasteiger partial charge in [-0.1, -0.05) is 60.7 Å². The number of hydrogen-bond acceptors (Lipinski definition) is 5. The minimum absolute atomic E-state index is 0.0232. The molecule has 140 valence electrons. The Morgan fingerprint density at radius 3 is 2.08 bits per heavy atom. The first kappa shape index (κ1) is 19.3. The molecule has 0 amide bonds. The Labute approximate surface area is 158 Å². The van der Waals surface area contributed by atoms with E-state index in [-0.39, 0.29) is 19.1 Å². The minimum Gasteiger partial charge on any atom is -0.385 e. The molecule has 1 saturated heterocycles. The third kappa shape index (κ3) is 4.43. The topological polar surface area (TPSA) is 68.2 Å². The summed E-state index contributed by atoms with van der Waals surface area (Å²) in [6.45, 7) is 0.745. The summed E-state index contributed by atoms with van der Waals surface area (Å²) in [5.41, 5.74) is 0.845. The van der Waals surface area contributed by atoms with E-state index in [0.29, 0.717) is 6.61 Å². The summed E-state index contributed by atoms with van der Waals surface area (Å²) in [6.07, 6.45) is -3.36. The van der Waals surface area contributed by atoms with Gasteiger partial charge in [0.25, 0.3) is 0 Å². The number of alkyl halides is 1. The summed E-state index contributed by atoms with van der Waals surface area (Å²) in [4.78, 5) is 0. The number of rotatable bonds is 8. The summed E-state index contributed by atoms with van der Waals surface area (Å²) in [6, 6.07) is 19.3. The smallest absolute Gasteiger partial charge is 0.184 e. The number of ether oxygens (including phenoxy) is 3. The van der Waals surface area contributed by atoms with Crippen LogP contribution in [0.2, 0.25) is 0 Å². The van der Waals surface area contributed by atoms with Crippen LogP contribution < -0.4 is 0 Å². The van der Waals surface area contributed by atoms with Crippen molar-refractivity contribution in [3.05, 3.63) is 71.8 Å². The van der Waals surface area contributed by atoms with Crippen molar-refractivity contribution in [3.63, 3.8) is 0 Å². The zero-order valence-corrected chi connectivity index (χ0v) is 15.1. The molecule has 0 radical (unpaired) electrons. The molecule has 2 aromatic carbocycles. The highest BCUT2D eigenvalue weighted by Crippen LogP contribution is 2.35. The van der Waals surface area contributed by atoms with E-state index < -0.39 is 24.1 Å². The van der Waals surface area contributed by atoms with Crippen molar-refractivity contribution in [2.45, 2.75) is 37.3 Å². The molecule has 1 fully saturated rings. The maximum Gasteiger partial charge on any atom is 0.184 e. The van der Waals surface area contributed by atoms with Crippen molar-refractivity contribution in [2.75, 3.05) is 12.5 Å². The fourth-order valence-electron chi connectivity index (χ4n) is 3.03. The second kappa shape index (κ2) is 8.95. The molecule has 26 heavy (non-hydrogen) atoms. The zero-order valence-electron chi connectivity index (χ0n) is 14.3. The van der Waals surface area contributed by atoms with Crippen LogP contribution in [-0.2, 0) is 27.4 Å². The monoisotopic (exact) mass is 378 g/mol. The van der Waals surface area contributed by atoms with Gasteiger partial charge in [-0.25, -0.2) is 0 Å². The van der Waals surface area contributed by atoms with Crippen LogP contribution in [0.3, 0.4) is 0 Å². The molecule has 2 aromatic rings. The number of aliphatic hydroxyl groups is 2. The van der Waals surface area contributed by atoms with E-state index in [1.165, 1.54) is 0 Å². The summed E-state index contributed by atoms with van der Waals surface area (Å²) >= 11 is 6.15. The molecule has 5 nitrogen and oxygen atoms in total. The molecule has 0 saturated carbocycles. The SMILES string of the molecule is O[C@H]1[C@H](O)O[C@](CCl)(COCc2ccccc2)[C@H]1OCc1ccccc1. The molecule has 0 bridgehead atoms. The summed E-state index contributed by atoms with van der Waals surface area (Å²) in [5, 5.41) is 20.3. The zero-order chi connectivity index (χ0) is 18.4. The van der Waals surface area contributed by atoms with Gasteiger partial charge in [0.15, 0.2) is 6.29 Å². The van der Waals surface area contributed by atoms with Crippen molar-refractivity contribution in [2.24, 2.45) is 0 Å². The molecule has 4 atom stereocenters. The van der Waals surface area contributed by atoms with Crippen LogP contribution >= 0.6 is 11.6 Å². The first-order valence-corrected chi connectivity index (χ1v) is 9.05. The van der Waals surface area contributed by atoms with Gasteiger partial charge in [-0.05, 0) is 11.1 Å². The van der Waals surface area contributed by atoms with Gasteiger partial charge >= 0.3 is 0 Å². The summed E-state index contributed by atoms with van der Waals surface area (Å²) < 4.78 is 17.2. The molecule has 1 aliphatic heterocycles. The van der Waals surface area contributed by atoms with Crippen LogP contribution in [0.5, 0.6) is 0 Å². The van der Waals surface area contributed by atoms with Crippen LogP contribution in [0.25, 0.3) is 0 Å². The van der Waals surface area contributed by atoms with Crippen LogP contribution in [0.15, 0.2) is 60.7 Å². The molecule has 3 rings (SSSR count). The second-order valence-electron chi connectivity index (χ2n) is 6.39. The Bertz CT molecular complexity index is 668. The predicted molar refractivity (Wildman–Crippen MR) is 97.7 cm³/mol. The molecule has 0 aliphatic carbocycles. The Morgan fingerprint density at radius 1 is 0.923 bits per heavy atom. The molecule has 1 heterocycles. The number of hydrogen-bond donors (Lipinski definition) is 2. The highest BCUT2D eigenvalue weighted by Gasteiger charge is 2.55. The van der Waals surface area contributed by atoms with E-state index in [0.717, 1.165) is 11.1 Å². The highest BCUT2D eigenvalue weighted by atomic mass is 35.5. The Balaban J connectivity index is 1.65.